The molecule has 0 aliphatic rings. The number of carbonyl (C=O) groups excluding carboxylic acids is 1. The van der Waals surface area contributed by atoms with E-state index in [-0.39, 0.29) is 11.7 Å². The van der Waals surface area contributed by atoms with Gasteiger partial charge < -0.3 is 14.5 Å². The number of benzene rings is 2. The van der Waals surface area contributed by atoms with Gasteiger partial charge in [0.2, 0.25) is 5.91 Å². The standard InChI is InChI=1S/C21H20FNO3/c1-4-25-19-11-20-17(10-16(19)13(2)9-21(24)23-3)18(12-26-20)14-5-7-15(22)8-6-14/h5-12H,4H2,1-3H3,(H,23,24)/b13-9+. The van der Waals surface area contributed by atoms with Crippen LogP contribution in [0.5, 0.6) is 5.75 Å². The SMILES string of the molecule is CCOc1cc2occ(-c3ccc(F)cc3)c2cc1/C(C)=C/C(=O)NC. The maximum Gasteiger partial charge on any atom is 0.244 e. The molecule has 0 fully saturated rings. The summed E-state index contributed by atoms with van der Waals surface area (Å²) in [6, 6.07) is 10.0. The van der Waals surface area contributed by atoms with E-state index in [0.717, 1.165) is 27.6 Å². The van der Waals surface area contributed by atoms with Crippen LogP contribution in [0.2, 0.25) is 0 Å². The Labute approximate surface area is 151 Å². The van der Waals surface area contributed by atoms with Gasteiger partial charge in [-0.25, -0.2) is 4.39 Å². The second-order valence-corrected chi connectivity index (χ2v) is 5.88. The van der Waals surface area contributed by atoms with Gasteiger partial charge >= 0.3 is 0 Å². The zero-order chi connectivity index (χ0) is 18.7. The Hall–Kier alpha value is -3.08. The van der Waals surface area contributed by atoms with Crippen LogP contribution < -0.4 is 10.1 Å². The van der Waals surface area contributed by atoms with Crippen molar-refractivity contribution in [3.8, 4) is 16.9 Å². The molecule has 0 radical (unpaired) electrons. The summed E-state index contributed by atoms with van der Waals surface area (Å²) < 4.78 is 24.6. The van der Waals surface area contributed by atoms with Gasteiger partial charge in [0.15, 0.2) is 0 Å². The van der Waals surface area contributed by atoms with E-state index in [2.05, 4.69) is 5.32 Å². The van der Waals surface area contributed by atoms with E-state index in [1.807, 2.05) is 26.0 Å². The van der Waals surface area contributed by atoms with Crippen molar-refractivity contribution in [3.63, 3.8) is 0 Å². The van der Waals surface area contributed by atoms with E-state index < -0.39 is 0 Å². The number of carbonyl (C=O) groups is 1. The fourth-order valence-corrected chi connectivity index (χ4v) is 2.84. The minimum Gasteiger partial charge on any atom is -0.493 e. The molecule has 1 amide bonds. The minimum atomic E-state index is -0.287. The Balaban J connectivity index is 2.17. The maximum atomic E-state index is 13.2. The van der Waals surface area contributed by atoms with Gasteiger partial charge in [-0.05, 0) is 43.2 Å². The van der Waals surface area contributed by atoms with Gasteiger partial charge in [0, 0.05) is 35.7 Å². The predicted octanol–water partition coefficient (Wildman–Crippen LogP) is 4.79. The van der Waals surface area contributed by atoms with E-state index in [9.17, 15) is 9.18 Å². The Morgan fingerprint density at radius 2 is 2.00 bits per heavy atom. The lowest BCUT2D eigenvalue weighted by atomic mass is 9.99. The van der Waals surface area contributed by atoms with Crippen molar-refractivity contribution in [3.05, 3.63) is 60.1 Å². The third-order valence-electron chi connectivity index (χ3n) is 4.15. The highest BCUT2D eigenvalue weighted by atomic mass is 19.1. The first-order chi connectivity index (χ1) is 12.5. The van der Waals surface area contributed by atoms with Crippen molar-refractivity contribution in [2.24, 2.45) is 0 Å². The molecule has 2 aromatic carbocycles. The summed E-state index contributed by atoms with van der Waals surface area (Å²) in [6.45, 7) is 4.26. The van der Waals surface area contributed by atoms with Crippen LogP contribution in [0.1, 0.15) is 19.4 Å². The highest BCUT2D eigenvalue weighted by molar-refractivity contribution is 6.00. The van der Waals surface area contributed by atoms with Gasteiger partial charge in [0.25, 0.3) is 0 Å². The number of hydrogen-bond acceptors (Lipinski definition) is 3. The van der Waals surface area contributed by atoms with E-state index in [1.165, 1.54) is 18.2 Å². The van der Waals surface area contributed by atoms with Gasteiger partial charge in [0.1, 0.15) is 17.1 Å². The number of allylic oxidation sites excluding steroid dienone is 1. The molecule has 0 saturated carbocycles. The molecule has 3 rings (SSSR count). The molecule has 26 heavy (non-hydrogen) atoms. The van der Waals surface area contributed by atoms with Crippen molar-refractivity contribution < 1.29 is 18.3 Å². The molecule has 5 heteroatoms. The third kappa shape index (κ3) is 3.47. The number of fused-ring (bicyclic) bond motifs is 1. The normalized spacial score (nSPS) is 11.6. The second kappa shape index (κ2) is 7.44. The molecule has 0 unspecified atom stereocenters. The molecule has 0 bridgehead atoms. The monoisotopic (exact) mass is 353 g/mol. The van der Waals surface area contributed by atoms with Crippen LogP contribution in [0.25, 0.3) is 27.7 Å². The highest BCUT2D eigenvalue weighted by Gasteiger charge is 2.15. The number of nitrogens with one attached hydrogen (secondary N) is 1. The van der Waals surface area contributed by atoms with E-state index >= 15 is 0 Å². The Morgan fingerprint density at radius 3 is 2.65 bits per heavy atom. The number of likely N-dealkylation sites (N-methyl/N-ethyl adjacent to an activating group) is 1. The first kappa shape index (κ1) is 17.7. The molecule has 0 spiro atoms. The first-order valence-corrected chi connectivity index (χ1v) is 8.37. The Bertz CT molecular complexity index is 971. The number of ether oxygens (including phenoxy) is 1. The molecule has 0 saturated heterocycles. The minimum absolute atomic E-state index is 0.184. The molecular weight excluding hydrogens is 333 g/mol. The van der Waals surface area contributed by atoms with Crippen LogP contribution in [0.3, 0.4) is 0 Å². The fourth-order valence-electron chi connectivity index (χ4n) is 2.84. The summed E-state index contributed by atoms with van der Waals surface area (Å²) >= 11 is 0. The van der Waals surface area contributed by atoms with E-state index in [0.29, 0.717) is 17.9 Å². The van der Waals surface area contributed by atoms with Crippen molar-refractivity contribution in [2.75, 3.05) is 13.7 Å². The molecule has 0 atom stereocenters. The van der Waals surface area contributed by atoms with Gasteiger partial charge in [-0.3, -0.25) is 4.79 Å². The van der Waals surface area contributed by atoms with Crippen molar-refractivity contribution >= 4 is 22.4 Å². The summed E-state index contributed by atoms with van der Waals surface area (Å²) in [7, 11) is 1.58. The zero-order valence-electron chi connectivity index (χ0n) is 14.9. The highest BCUT2D eigenvalue weighted by Crippen LogP contribution is 2.37. The van der Waals surface area contributed by atoms with Crippen LogP contribution in [0.4, 0.5) is 4.39 Å². The average molecular weight is 353 g/mol. The zero-order valence-corrected chi connectivity index (χ0v) is 14.9. The molecule has 1 N–H and O–H groups in total. The Kier molecular flexibility index (Phi) is 5.07. The first-order valence-electron chi connectivity index (χ1n) is 8.37. The number of halogens is 1. The average Bonchev–Trinajstić information content (AvgIpc) is 3.04. The molecule has 1 aromatic heterocycles. The van der Waals surface area contributed by atoms with Crippen LogP contribution in [-0.2, 0) is 4.79 Å². The van der Waals surface area contributed by atoms with Crippen LogP contribution in [-0.4, -0.2) is 19.6 Å². The number of rotatable bonds is 5. The van der Waals surface area contributed by atoms with Crippen LogP contribution in [0, 0.1) is 5.82 Å². The summed E-state index contributed by atoms with van der Waals surface area (Å²) in [5, 5.41) is 3.46. The molecule has 3 aromatic rings. The van der Waals surface area contributed by atoms with E-state index in [1.54, 1.807) is 25.4 Å². The van der Waals surface area contributed by atoms with Crippen molar-refractivity contribution in [2.45, 2.75) is 13.8 Å². The molecule has 4 nitrogen and oxygen atoms in total. The maximum absolute atomic E-state index is 13.2. The van der Waals surface area contributed by atoms with Crippen molar-refractivity contribution in [1.82, 2.24) is 5.32 Å². The van der Waals surface area contributed by atoms with Gasteiger partial charge in [0.05, 0.1) is 12.9 Å². The number of amides is 1. The van der Waals surface area contributed by atoms with Crippen LogP contribution >= 0.6 is 0 Å². The summed E-state index contributed by atoms with van der Waals surface area (Å²) in [6.07, 6.45) is 3.18. The van der Waals surface area contributed by atoms with Gasteiger partial charge in [-0.2, -0.15) is 0 Å². The molecule has 0 aliphatic carbocycles. The lowest BCUT2D eigenvalue weighted by Crippen LogP contribution is -2.14. The lowest BCUT2D eigenvalue weighted by molar-refractivity contribution is -0.116. The molecule has 0 aliphatic heterocycles. The third-order valence-corrected chi connectivity index (χ3v) is 4.15. The topological polar surface area (TPSA) is 51.5 Å². The van der Waals surface area contributed by atoms with Gasteiger partial charge in [-0.15, -0.1) is 0 Å². The van der Waals surface area contributed by atoms with Gasteiger partial charge in [-0.1, -0.05) is 12.1 Å². The molecular formula is C21H20FNO3. The predicted molar refractivity (Wildman–Crippen MR) is 100 cm³/mol. The molecule has 134 valence electrons. The van der Waals surface area contributed by atoms with Crippen LogP contribution in [0.15, 0.2) is 53.2 Å². The summed E-state index contributed by atoms with van der Waals surface area (Å²) in [5.74, 6) is 0.180. The largest absolute Gasteiger partial charge is 0.493 e. The quantitative estimate of drug-likeness (QED) is 0.671. The smallest absolute Gasteiger partial charge is 0.244 e. The lowest BCUT2D eigenvalue weighted by Gasteiger charge is -2.11. The summed E-state index contributed by atoms with van der Waals surface area (Å²) in [4.78, 5) is 11.7. The summed E-state index contributed by atoms with van der Waals surface area (Å²) in [5.41, 5.74) is 3.98. The molecule has 1 heterocycles. The number of hydrogen-bond donors (Lipinski definition) is 1. The second-order valence-electron chi connectivity index (χ2n) is 5.88. The van der Waals surface area contributed by atoms with Crippen molar-refractivity contribution in [1.29, 1.82) is 0 Å². The van der Waals surface area contributed by atoms with E-state index in [4.69, 9.17) is 9.15 Å². The Morgan fingerprint density at radius 1 is 1.27 bits per heavy atom. The number of furan rings is 1. The fraction of sp³-hybridized carbons (Fsp3) is 0.190.